The molecule has 21 heavy (non-hydrogen) atoms. The van der Waals surface area contributed by atoms with Crippen LogP contribution in [-0.2, 0) is 4.74 Å². The van der Waals surface area contributed by atoms with Crippen LogP contribution in [0, 0.1) is 0 Å². The van der Waals surface area contributed by atoms with Crippen LogP contribution in [0.5, 0.6) is 0 Å². The maximum atomic E-state index is 12.6. The van der Waals surface area contributed by atoms with Crippen LogP contribution in [0.3, 0.4) is 0 Å². The summed E-state index contributed by atoms with van der Waals surface area (Å²) in [5.41, 5.74) is -0.565. The summed E-state index contributed by atoms with van der Waals surface area (Å²) in [5, 5.41) is 12.6. The van der Waals surface area contributed by atoms with E-state index >= 15 is 0 Å². The van der Waals surface area contributed by atoms with E-state index in [0.29, 0.717) is 12.8 Å². The predicted octanol–water partition coefficient (Wildman–Crippen LogP) is 3.12. The van der Waals surface area contributed by atoms with E-state index in [0.717, 1.165) is 0 Å². The zero-order valence-corrected chi connectivity index (χ0v) is 12.6. The normalized spacial score (nSPS) is 16.3. The summed E-state index contributed by atoms with van der Waals surface area (Å²) in [6, 6.07) is 0.118. The second kappa shape index (κ2) is 8.24. The van der Waals surface area contributed by atoms with Crippen molar-refractivity contribution in [1.29, 1.82) is 0 Å². The Bertz CT molecular complexity index is 291. The zero-order valence-electron chi connectivity index (χ0n) is 12.6. The Morgan fingerprint density at radius 2 is 1.71 bits per heavy atom. The quantitative estimate of drug-likeness (QED) is 0.480. The lowest BCUT2D eigenvalue weighted by Gasteiger charge is -2.34. The molecule has 1 atom stereocenters. The molecule has 0 amide bonds. The molecule has 0 heterocycles. The number of aliphatic hydroxyl groups excluding tert-OH is 1. The van der Waals surface area contributed by atoms with Crippen LogP contribution < -0.4 is 5.32 Å². The molecule has 0 aromatic rings. The first-order chi connectivity index (χ1) is 9.49. The highest BCUT2D eigenvalue weighted by atomic mass is 19.4. The Morgan fingerprint density at radius 3 is 2.10 bits per heavy atom. The molecule has 0 aromatic carbocycles. The fourth-order valence-electron chi connectivity index (χ4n) is 1.99. The third kappa shape index (κ3) is 6.88. The van der Waals surface area contributed by atoms with Gasteiger partial charge in [-0.25, -0.2) is 0 Å². The number of halogens is 5. The SMILES string of the molecule is CCC(CO)(CCCOCC(F)(F)C(F)(F)F)NC(C)C. The lowest BCUT2D eigenvalue weighted by Crippen LogP contribution is -2.51. The van der Waals surface area contributed by atoms with Gasteiger partial charge in [-0.1, -0.05) is 20.8 Å². The molecular weight excluding hydrogens is 297 g/mol. The molecule has 2 N–H and O–H groups in total. The molecule has 0 aliphatic heterocycles. The summed E-state index contributed by atoms with van der Waals surface area (Å²) >= 11 is 0. The molecule has 0 bridgehead atoms. The number of ether oxygens (including phenoxy) is 1. The van der Waals surface area contributed by atoms with E-state index in [9.17, 15) is 27.1 Å². The predicted molar refractivity (Wildman–Crippen MR) is 69.4 cm³/mol. The van der Waals surface area contributed by atoms with Crippen LogP contribution in [-0.4, -0.2) is 48.6 Å². The molecule has 3 nitrogen and oxygen atoms in total. The van der Waals surface area contributed by atoms with Crippen LogP contribution in [0.15, 0.2) is 0 Å². The third-order valence-corrected chi connectivity index (χ3v) is 3.22. The van der Waals surface area contributed by atoms with E-state index in [1.54, 1.807) is 0 Å². The lowest BCUT2D eigenvalue weighted by molar-refractivity contribution is -0.296. The van der Waals surface area contributed by atoms with Crippen LogP contribution >= 0.6 is 0 Å². The van der Waals surface area contributed by atoms with Gasteiger partial charge in [-0.2, -0.15) is 22.0 Å². The van der Waals surface area contributed by atoms with Gasteiger partial charge in [0, 0.05) is 18.2 Å². The standard InChI is InChI=1S/C13H24F5NO2/c1-4-11(8-20,19-10(2)3)6-5-7-21-9-12(14,15)13(16,17)18/h10,19-20H,4-9H2,1-3H3. The first-order valence-corrected chi connectivity index (χ1v) is 6.90. The van der Waals surface area contributed by atoms with Gasteiger partial charge in [0.25, 0.3) is 0 Å². The fraction of sp³-hybridized carbons (Fsp3) is 1.00. The van der Waals surface area contributed by atoms with Gasteiger partial charge >= 0.3 is 12.1 Å². The maximum absolute atomic E-state index is 12.6. The molecule has 8 heteroatoms. The van der Waals surface area contributed by atoms with Gasteiger partial charge in [-0.05, 0) is 19.3 Å². The van der Waals surface area contributed by atoms with Crippen molar-refractivity contribution in [2.45, 2.75) is 63.7 Å². The molecule has 0 saturated heterocycles. The number of nitrogens with one attached hydrogen (secondary N) is 1. The molecule has 0 fully saturated rings. The molecule has 0 spiro atoms. The molecular formula is C13H24F5NO2. The fourth-order valence-corrected chi connectivity index (χ4v) is 1.99. The van der Waals surface area contributed by atoms with Gasteiger partial charge in [0.15, 0.2) is 0 Å². The van der Waals surface area contributed by atoms with Crippen molar-refractivity contribution in [1.82, 2.24) is 5.32 Å². The highest BCUT2D eigenvalue weighted by molar-refractivity contribution is 4.87. The van der Waals surface area contributed by atoms with Crippen LogP contribution in [0.2, 0.25) is 0 Å². The highest BCUT2D eigenvalue weighted by Gasteiger charge is 2.57. The average Bonchev–Trinajstić information content (AvgIpc) is 2.35. The monoisotopic (exact) mass is 321 g/mol. The van der Waals surface area contributed by atoms with Gasteiger partial charge in [-0.15, -0.1) is 0 Å². The molecule has 0 radical (unpaired) electrons. The van der Waals surface area contributed by atoms with E-state index in [1.165, 1.54) is 0 Å². The van der Waals surface area contributed by atoms with Gasteiger partial charge in [0.05, 0.1) is 6.61 Å². The molecule has 0 aromatic heterocycles. The van der Waals surface area contributed by atoms with Crippen LogP contribution in [0.1, 0.15) is 40.0 Å². The van der Waals surface area contributed by atoms with Crippen molar-refractivity contribution >= 4 is 0 Å². The van der Waals surface area contributed by atoms with E-state index in [4.69, 9.17) is 0 Å². The highest BCUT2D eigenvalue weighted by Crippen LogP contribution is 2.35. The smallest absolute Gasteiger partial charge is 0.394 e. The van der Waals surface area contributed by atoms with E-state index in [-0.39, 0.29) is 25.7 Å². The molecule has 0 rings (SSSR count). The Labute approximate surface area is 121 Å². The van der Waals surface area contributed by atoms with Crippen molar-refractivity contribution in [3.63, 3.8) is 0 Å². The first-order valence-electron chi connectivity index (χ1n) is 6.90. The number of rotatable bonds is 10. The summed E-state index contributed by atoms with van der Waals surface area (Å²) < 4.78 is 65.4. The van der Waals surface area contributed by atoms with Gasteiger partial charge in [0.1, 0.15) is 6.61 Å². The Morgan fingerprint density at radius 1 is 1.14 bits per heavy atom. The molecule has 0 saturated carbocycles. The third-order valence-electron chi connectivity index (χ3n) is 3.22. The molecule has 0 aliphatic carbocycles. The molecule has 0 aliphatic rings. The van der Waals surface area contributed by atoms with Gasteiger partial charge < -0.3 is 15.2 Å². The molecule has 128 valence electrons. The van der Waals surface area contributed by atoms with Crippen LogP contribution in [0.4, 0.5) is 22.0 Å². The van der Waals surface area contributed by atoms with Gasteiger partial charge in [0.2, 0.25) is 0 Å². The van der Waals surface area contributed by atoms with Crippen molar-refractivity contribution in [3.8, 4) is 0 Å². The van der Waals surface area contributed by atoms with Crippen molar-refractivity contribution in [2.24, 2.45) is 0 Å². The Hall–Kier alpha value is -0.470. The van der Waals surface area contributed by atoms with Crippen molar-refractivity contribution in [2.75, 3.05) is 19.8 Å². The van der Waals surface area contributed by atoms with Gasteiger partial charge in [-0.3, -0.25) is 0 Å². The summed E-state index contributed by atoms with van der Waals surface area (Å²) in [7, 11) is 0. The van der Waals surface area contributed by atoms with Crippen molar-refractivity contribution < 1.29 is 31.8 Å². The topological polar surface area (TPSA) is 41.5 Å². The zero-order chi connectivity index (χ0) is 16.7. The number of aliphatic hydroxyl groups is 1. The van der Waals surface area contributed by atoms with E-state index in [2.05, 4.69) is 10.1 Å². The van der Waals surface area contributed by atoms with E-state index < -0.39 is 24.2 Å². The summed E-state index contributed by atoms with van der Waals surface area (Å²) in [5.74, 6) is -4.83. The van der Waals surface area contributed by atoms with E-state index in [1.807, 2.05) is 20.8 Å². The summed E-state index contributed by atoms with van der Waals surface area (Å²) in [4.78, 5) is 0. The lowest BCUT2D eigenvalue weighted by atomic mass is 9.90. The minimum atomic E-state index is -5.59. The summed E-state index contributed by atoms with van der Waals surface area (Å²) in [6.45, 7) is 3.64. The Kier molecular flexibility index (Phi) is 8.05. The second-order valence-corrected chi connectivity index (χ2v) is 5.45. The van der Waals surface area contributed by atoms with Crippen LogP contribution in [0.25, 0.3) is 0 Å². The number of hydrogen-bond donors (Lipinski definition) is 2. The minimum Gasteiger partial charge on any atom is -0.394 e. The van der Waals surface area contributed by atoms with Crippen molar-refractivity contribution in [3.05, 3.63) is 0 Å². The second-order valence-electron chi connectivity index (χ2n) is 5.45. The number of hydrogen-bond acceptors (Lipinski definition) is 3. The number of alkyl halides is 5. The first kappa shape index (κ1) is 20.5. The average molecular weight is 321 g/mol. The Balaban J connectivity index is 4.19. The largest absolute Gasteiger partial charge is 0.455 e. The maximum Gasteiger partial charge on any atom is 0.455 e. The summed E-state index contributed by atoms with van der Waals surface area (Å²) in [6.07, 6.45) is -4.28. The molecule has 1 unspecified atom stereocenters. The minimum absolute atomic E-state index is 0.118.